The molecule has 1 aromatic rings. The van der Waals surface area contributed by atoms with Crippen molar-refractivity contribution >= 4 is 17.3 Å². The van der Waals surface area contributed by atoms with Gasteiger partial charge in [-0.15, -0.1) is 0 Å². The number of hydrogen-bond acceptors (Lipinski definition) is 4. The number of nitrogens with zero attached hydrogens (tertiary/aromatic N) is 2. The Kier molecular flexibility index (Phi) is 6.82. The number of likely N-dealkylation sites (N-methyl/N-ethyl adjacent to an activating group) is 1. The summed E-state index contributed by atoms with van der Waals surface area (Å²) in [7, 11) is 1.88. The van der Waals surface area contributed by atoms with Gasteiger partial charge in [0, 0.05) is 19.6 Å². The van der Waals surface area contributed by atoms with E-state index in [0.717, 1.165) is 18.7 Å². The Hall–Kier alpha value is -1.80. The molecule has 156 valence electrons. The van der Waals surface area contributed by atoms with Crippen molar-refractivity contribution in [2.45, 2.75) is 31.9 Å². The van der Waals surface area contributed by atoms with Gasteiger partial charge in [0.05, 0.1) is 36.7 Å². The van der Waals surface area contributed by atoms with Crippen LogP contribution in [-0.4, -0.2) is 57.2 Å². The lowest BCUT2D eigenvalue weighted by Crippen LogP contribution is -2.37. The van der Waals surface area contributed by atoms with Gasteiger partial charge in [0.25, 0.3) is 0 Å². The Morgan fingerprint density at radius 3 is 2.57 bits per heavy atom. The summed E-state index contributed by atoms with van der Waals surface area (Å²) in [6.45, 7) is 3.18. The summed E-state index contributed by atoms with van der Waals surface area (Å²) in [5.74, 6) is 0.310. The van der Waals surface area contributed by atoms with Crippen LogP contribution in [0.25, 0.3) is 0 Å². The first kappa shape index (κ1) is 20.9. The molecule has 8 heteroatoms. The van der Waals surface area contributed by atoms with Gasteiger partial charge in [-0.25, -0.2) is 0 Å². The molecule has 0 spiro atoms. The van der Waals surface area contributed by atoms with Gasteiger partial charge in [0.1, 0.15) is 0 Å². The van der Waals surface area contributed by atoms with Crippen molar-refractivity contribution in [1.29, 1.82) is 0 Å². The van der Waals surface area contributed by atoms with E-state index in [0.29, 0.717) is 37.9 Å². The minimum Gasteiger partial charge on any atom is -0.378 e. The van der Waals surface area contributed by atoms with Gasteiger partial charge < -0.3 is 15.0 Å². The van der Waals surface area contributed by atoms with Crippen LogP contribution in [-0.2, 0) is 15.7 Å². The number of morpholine rings is 1. The molecule has 3 rings (SSSR count). The third kappa shape index (κ3) is 5.61. The number of rotatable bonds is 6. The van der Waals surface area contributed by atoms with E-state index in [4.69, 9.17) is 4.74 Å². The topological polar surface area (TPSA) is 44.8 Å². The first-order valence-electron chi connectivity index (χ1n) is 9.85. The first-order chi connectivity index (χ1) is 13.3. The number of carbonyl (C=O) groups is 1. The van der Waals surface area contributed by atoms with Crippen LogP contribution >= 0.6 is 0 Å². The summed E-state index contributed by atoms with van der Waals surface area (Å²) >= 11 is 0. The summed E-state index contributed by atoms with van der Waals surface area (Å²) in [6, 6.07) is 3.53. The average Bonchev–Trinajstić information content (AvgIpc) is 3.14. The highest BCUT2D eigenvalue weighted by atomic mass is 19.4. The molecule has 5 nitrogen and oxygen atoms in total. The lowest BCUT2D eigenvalue weighted by Gasteiger charge is -2.31. The molecule has 2 aliphatic rings. The molecule has 0 unspecified atom stereocenters. The molecule has 1 amide bonds. The number of hydrogen-bond donors (Lipinski definition) is 1. The van der Waals surface area contributed by atoms with E-state index in [-0.39, 0.29) is 18.1 Å². The van der Waals surface area contributed by atoms with Crippen LogP contribution in [0.3, 0.4) is 0 Å². The Balaban J connectivity index is 1.70. The molecule has 1 heterocycles. The molecular formula is C20H28F3N3O2. The molecule has 1 aliphatic carbocycles. The van der Waals surface area contributed by atoms with Gasteiger partial charge in [-0.1, -0.05) is 12.8 Å². The van der Waals surface area contributed by atoms with Crippen LogP contribution in [0.2, 0.25) is 0 Å². The van der Waals surface area contributed by atoms with E-state index in [9.17, 15) is 18.0 Å². The second-order valence-corrected chi connectivity index (χ2v) is 7.72. The summed E-state index contributed by atoms with van der Waals surface area (Å²) in [5.41, 5.74) is 0.0400. The maximum absolute atomic E-state index is 13.2. The van der Waals surface area contributed by atoms with Crippen molar-refractivity contribution in [3.63, 3.8) is 0 Å². The molecule has 0 atom stereocenters. The van der Waals surface area contributed by atoms with E-state index in [2.05, 4.69) is 5.32 Å². The minimum absolute atomic E-state index is 0.162. The molecule has 1 N–H and O–H groups in total. The monoisotopic (exact) mass is 399 g/mol. The fraction of sp³-hybridized carbons (Fsp3) is 0.650. The molecule has 1 saturated carbocycles. The molecule has 1 saturated heterocycles. The Labute approximate surface area is 163 Å². The van der Waals surface area contributed by atoms with E-state index in [1.165, 1.54) is 31.7 Å². The molecule has 1 aliphatic heterocycles. The highest BCUT2D eigenvalue weighted by Gasteiger charge is 2.32. The zero-order valence-electron chi connectivity index (χ0n) is 16.2. The first-order valence-corrected chi connectivity index (χ1v) is 9.85. The number of amides is 1. The van der Waals surface area contributed by atoms with Gasteiger partial charge in [-0.05, 0) is 44.0 Å². The largest absolute Gasteiger partial charge is 0.416 e. The number of nitrogens with one attached hydrogen (secondary N) is 1. The van der Waals surface area contributed by atoms with Gasteiger partial charge in [0.15, 0.2) is 0 Å². The van der Waals surface area contributed by atoms with Gasteiger partial charge >= 0.3 is 6.18 Å². The van der Waals surface area contributed by atoms with Crippen LogP contribution in [0.4, 0.5) is 24.5 Å². The van der Waals surface area contributed by atoms with Gasteiger partial charge in [0.2, 0.25) is 5.91 Å². The third-order valence-electron chi connectivity index (χ3n) is 5.41. The Bertz CT molecular complexity index is 669. The predicted molar refractivity (Wildman–Crippen MR) is 103 cm³/mol. The zero-order valence-corrected chi connectivity index (χ0v) is 16.2. The second-order valence-electron chi connectivity index (χ2n) is 7.72. The minimum atomic E-state index is -4.46. The van der Waals surface area contributed by atoms with Crippen molar-refractivity contribution in [3.8, 4) is 0 Å². The average molecular weight is 399 g/mol. The lowest BCUT2D eigenvalue weighted by molar-refractivity contribution is -0.137. The van der Waals surface area contributed by atoms with Gasteiger partial charge in [-0.3, -0.25) is 9.69 Å². The Morgan fingerprint density at radius 2 is 1.93 bits per heavy atom. The molecule has 2 fully saturated rings. The van der Waals surface area contributed by atoms with E-state index in [1.807, 2.05) is 16.8 Å². The summed E-state index contributed by atoms with van der Waals surface area (Å²) in [5, 5.41) is 2.71. The number of alkyl halides is 3. The molecule has 0 bridgehead atoms. The van der Waals surface area contributed by atoms with Gasteiger partial charge in [-0.2, -0.15) is 13.2 Å². The van der Waals surface area contributed by atoms with E-state index >= 15 is 0 Å². The number of anilines is 2. The van der Waals surface area contributed by atoms with Crippen molar-refractivity contribution in [2.75, 3.05) is 56.7 Å². The lowest BCUT2D eigenvalue weighted by atomic mass is 10.1. The van der Waals surface area contributed by atoms with Crippen LogP contribution in [0.1, 0.15) is 31.2 Å². The van der Waals surface area contributed by atoms with Crippen LogP contribution < -0.4 is 10.2 Å². The van der Waals surface area contributed by atoms with Crippen molar-refractivity contribution in [3.05, 3.63) is 23.8 Å². The number of halogens is 3. The normalized spacial score (nSPS) is 18.7. The van der Waals surface area contributed by atoms with Crippen LogP contribution in [0.15, 0.2) is 18.2 Å². The maximum Gasteiger partial charge on any atom is 0.416 e. The summed E-state index contributed by atoms with van der Waals surface area (Å²) in [4.78, 5) is 16.4. The van der Waals surface area contributed by atoms with E-state index in [1.54, 1.807) is 0 Å². The quantitative estimate of drug-likeness (QED) is 0.794. The molecule has 0 radical (unpaired) electrons. The predicted octanol–water partition coefficient (Wildman–Crippen LogP) is 3.60. The molecule has 1 aromatic carbocycles. The standard InChI is InChI=1S/C20H28F3N3O2/c1-25(13-15-4-2-3-5-15)14-19(27)24-17-12-16(20(21,22)23)6-7-18(17)26-8-10-28-11-9-26/h6-7,12,15H,2-5,8-11,13-14H2,1H3,(H,24,27). The maximum atomic E-state index is 13.2. The van der Waals surface area contributed by atoms with Crippen molar-refractivity contribution in [1.82, 2.24) is 4.90 Å². The zero-order chi connectivity index (χ0) is 20.1. The smallest absolute Gasteiger partial charge is 0.378 e. The van der Waals surface area contributed by atoms with Crippen LogP contribution in [0.5, 0.6) is 0 Å². The highest BCUT2D eigenvalue weighted by molar-refractivity contribution is 5.95. The third-order valence-corrected chi connectivity index (χ3v) is 5.41. The van der Waals surface area contributed by atoms with Crippen LogP contribution in [0, 0.1) is 5.92 Å². The highest BCUT2D eigenvalue weighted by Crippen LogP contribution is 2.35. The van der Waals surface area contributed by atoms with E-state index < -0.39 is 11.7 Å². The molecule has 28 heavy (non-hydrogen) atoms. The van der Waals surface area contributed by atoms with Crippen molar-refractivity contribution < 1.29 is 22.7 Å². The van der Waals surface area contributed by atoms with Crippen molar-refractivity contribution in [2.24, 2.45) is 5.92 Å². The SMILES string of the molecule is CN(CC(=O)Nc1cc(C(F)(F)F)ccc1N1CCOCC1)CC1CCCC1. The number of benzene rings is 1. The second kappa shape index (κ2) is 9.13. The fourth-order valence-electron chi connectivity index (χ4n) is 4.03. The number of ether oxygens (including phenoxy) is 1. The molecular weight excluding hydrogens is 371 g/mol. The fourth-order valence-corrected chi connectivity index (χ4v) is 4.03. The summed E-state index contributed by atoms with van der Waals surface area (Å²) < 4.78 is 44.8. The Morgan fingerprint density at radius 1 is 1.25 bits per heavy atom. The molecule has 0 aromatic heterocycles. The number of carbonyl (C=O) groups excluding carboxylic acids is 1. The summed E-state index contributed by atoms with van der Waals surface area (Å²) in [6.07, 6.45) is 0.375.